The molecule has 1 saturated heterocycles. The maximum absolute atomic E-state index is 5.75. The molecule has 1 heterocycles. The first kappa shape index (κ1) is 12.0. The molecule has 1 aliphatic heterocycles. The third-order valence-electron chi connectivity index (χ3n) is 3.74. The zero-order valence-electron chi connectivity index (χ0n) is 10.00. The zero-order chi connectivity index (χ0) is 10.6. The Morgan fingerprint density at radius 3 is 2.71 bits per heavy atom. The van der Waals surface area contributed by atoms with Crippen LogP contribution in [0, 0.1) is 17.8 Å². The van der Waals surface area contributed by atoms with Crippen LogP contribution in [-0.2, 0) is 0 Å². The van der Waals surface area contributed by atoms with Gasteiger partial charge in [-0.15, -0.1) is 0 Å². The molecule has 0 amide bonds. The molecule has 0 aromatic rings. The lowest BCUT2D eigenvalue weighted by molar-refractivity contribution is 0.118. The van der Waals surface area contributed by atoms with E-state index in [-0.39, 0.29) is 0 Å². The SMILES string of the molecule is CCC(C)CN1CCC(CN)C(C)C1. The number of likely N-dealkylation sites (tertiary alicyclic amines) is 1. The summed E-state index contributed by atoms with van der Waals surface area (Å²) >= 11 is 0. The van der Waals surface area contributed by atoms with Crippen LogP contribution < -0.4 is 5.73 Å². The van der Waals surface area contributed by atoms with E-state index in [2.05, 4.69) is 25.7 Å². The van der Waals surface area contributed by atoms with Gasteiger partial charge in [0.2, 0.25) is 0 Å². The van der Waals surface area contributed by atoms with Crippen LogP contribution in [0.15, 0.2) is 0 Å². The third-order valence-corrected chi connectivity index (χ3v) is 3.74. The van der Waals surface area contributed by atoms with E-state index in [1.807, 2.05) is 0 Å². The van der Waals surface area contributed by atoms with Gasteiger partial charge >= 0.3 is 0 Å². The van der Waals surface area contributed by atoms with E-state index >= 15 is 0 Å². The molecule has 3 unspecified atom stereocenters. The molecular weight excluding hydrogens is 172 g/mol. The van der Waals surface area contributed by atoms with Gasteiger partial charge in [-0.05, 0) is 37.3 Å². The highest BCUT2D eigenvalue weighted by Crippen LogP contribution is 2.23. The van der Waals surface area contributed by atoms with E-state index in [0.29, 0.717) is 0 Å². The molecule has 0 aromatic carbocycles. The Bertz CT molecular complexity index is 158. The van der Waals surface area contributed by atoms with Crippen molar-refractivity contribution < 1.29 is 0 Å². The van der Waals surface area contributed by atoms with Gasteiger partial charge in [0, 0.05) is 13.1 Å². The summed E-state index contributed by atoms with van der Waals surface area (Å²) in [6.07, 6.45) is 2.60. The van der Waals surface area contributed by atoms with E-state index in [9.17, 15) is 0 Å². The van der Waals surface area contributed by atoms with Gasteiger partial charge in [0.25, 0.3) is 0 Å². The minimum Gasteiger partial charge on any atom is -0.330 e. The number of nitrogens with zero attached hydrogens (tertiary/aromatic N) is 1. The van der Waals surface area contributed by atoms with E-state index < -0.39 is 0 Å². The van der Waals surface area contributed by atoms with Crippen LogP contribution in [0.2, 0.25) is 0 Å². The summed E-state index contributed by atoms with van der Waals surface area (Å²) in [4.78, 5) is 2.62. The van der Waals surface area contributed by atoms with Crippen LogP contribution >= 0.6 is 0 Å². The average Bonchev–Trinajstić information content (AvgIpc) is 2.18. The lowest BCUT2D eigenvalue weighted by Gasteiger charge is -2.37. The first-order chi connectivity index (χ1) is 6.67. The molecule has 14 heavy (non-hydrogen) atoms. The molecule has 1 fully saturated rings. The molecule has 0 bridgehead atoms. The highest BCUT2D eigenvalue weighted by atomic mass is 15.1. The zero-order valence-corrected chi connectivity index (χ0v) is 10.00. The molecule has 1 aliphatic rings. The molecule has 1 rings (SSSR count). The predicted octanol–water partition coefficient (Wildman–Crippen LogP) is 1.95. The Hall–Kier alpha value is -0.0800. The van der Waals surface area contributed by atoms with Crippen molar-refractivity contribution in [3.63, 3.8) is 0 Å². The van der Waals surface area contributed by atoms with Crippen LogP contribution in [-0.4, -0.2) is 31.1 Å². The molecule has 0 radical (unpaired) electrons. The molecule has 84 valence electrons. The quantitative estimate of drug-likeness (QED) is 0.748. The topological polar surface area (TPSA) is 29.3 Å². The smallest absolute Gasteiger partial charge is 0.00103 e. The van der Waals surface area contributed by atoms with Crippen LogP contribution in [0.4, 0.5) is 0 Å². The number of hydrogen-bond acceptors (Lipinski definition) is 2. The monoisotopic (exact) mass is 198 g/mol. The lowest BCUT2D eigenvalue weighted by Crippen LogP contribution is -2.43. The molecule has 2 N–H and O–H groups in total. The molecule has 0 saturated carbocycles. The fourth-order valence-electron chi connectivity index (χ4n) is 2.37. The fraction of sp³-hybridized carbons (Fsp3) is 1.00. The van der Waals surface area contributed by atoms with E-state index in [0.717, 1.165) is 24.3 Å². The largest absolute Gasteiger partial charge is 0.330 e. The van der Waals surface area contributed by atoms with Crippen molar-refractivity contribution in [2.24, 2.45) is 23.5 Å². The molecule has 2 heteroatoms. The van der Waals surface area contributed by atoms with E-state index in [1.54, 1.807) is 0 Å². The summed E-state index contributed by atoms with van der Waals surface area (Å²) in [5.41, 5.74) is 5.75. The van der Waals surface area contributed by atoms with Gasteiger partial charge in [-0.3, -0.25) is 0 Å². The number of piperidine rings is 1. The molecule has 2 nitrogen and oxygen atoms in total. The fourth-order valence-corrected chi connectivity index (χ4v) is 2.37. The number of hydrogen-bond donors (Lipinski definition) is 1. The molecular formula is C12H26N2. The van der Waals surface area contributed by atoms with Crippen molar-refractivity contribution in [1.82, 2.24) is 4.90 Å². The van der Waals surface area contributed by atoms with Crippen molar-refractivity contribution in [3.05, 3.63) is 0 Å². The maximum atomic E-state index is 5.75. The normalized spacial score (nSPS) is 31.7. The van der Waals surface area contributed by atoms with Crippen LogP contribution in [0.5, 0.6) is 0 Å². The minimum absolute atomic E-state index is 0.767. The lowest BCUT2D eigenvalue weighted by atomic mass is 9.86. The standard InChI is InChI=1S/C12H26N2/c1-4-10(2)8-14-6-5-12(7-13)11(3)9-14/h10-12H,4-9,13H2,1-3H3. The molecule has 0 spiro atoms. The van der Waals surface area contributed by atoms with Crippen LogP contribution in [0.25, 0.3) is 0 Å². The third kappa shape index (κ3) is 3.25. The Kier molecular flexibility index (Phi) is 4.90. The predicted molar refractivity (Wildman–Crippen MR) is 62.2 cm³/mol. The Morgan fingerprint density at radius 2 is 2.21 bits per heavy atom. The maximum Gasteiger partial charge on any atom is 0.00103 e. The second-order valence-corrected chi connectivity index (χ2v) is 5.03. The molecule has 3 atom stereocenters. The summed E-state index contributed by atoms with van der Waals surface area (Å²) in [5.74, 6) is 2.40. The average molecular weight is 198 g/mol. The van der Waals surface area contributed by atoms with Crippen molar-refractivity contribution in [1.29, 1.82) is 0 Å². The number of nitrogens with two attached hydrogens (primary N) is 1. The van der Waals surface area contributed by atoms with Crippen molar-refractivity contribution in [2.75, 3.05) is 26.2 Å². The molecule has 0 aliphatic carbocycles. The highest BCUT2D eigenvalue weighted by Gasteiger charge is 2.25. The van der Waals surface area contributed by atoms with Gasteiger partial charge in [-0.1, -0.05) is 27.2 Å². The van der Waals surface area contributed by atoms with Gasteiger partial charge in [0.05, 0.1) is 0 Å². The van der Waals surface area contributed by atoms with Gasteiger partial charge in [-0.25, -0.2) is 0 Å². The Balaban J connectivity index is 2.31. The summed E-state index contributed by atoms with van der Waals surface area (Å²) in [5, 5.41) is 0. The van der Waals surface area contributed by atoms with Gasteiger partial charge in [0.15, 0.2) is 0 Å². The first-order valence-electron chi connectivity index (χ1n) is 6.09. The highest BCUT2D eigenvalue weighted by molar-refractivity contribution is 4.78. The first-order valence-corrected chi connectivity index (χ1v) is 6.09. The van der Waals surface area contributed by atoms with Crippen molar-refractivity contribution >= 4 is 0 Å². The second-order valence-electron chi connectivity index (χ2n) is 5.03. The summed E-state index contributed by atoms with van der Waals surface area (Å²) < 4.78 is 0. The minimum atomic E-state index is 0.767. The Morgan fingerprint density at radius 1 is 1.50 bits per heavy atom. The summed E-state index contributed by atoms with van der Waals surface area (Å²) in [6, 6.07) is 0. The number of rotatable bonds is 4. The van der Waals surface area contributed by atoms with Crippen LogP contribution in [0.3, 0.4) is 0 Å². The van der Waals surface area contributed by atoms with E-state index in [1.165, 1.54) is 32.5 Å². The molecule has 0 aromatic heterocycles. The van der Waals surface area contributed by atoms with Crippen molar-refractivity contribution in [3.8, 4) is 0 Å². The van der Waals surface area contributed by atoms with Crippen molar-refractivity contribution in [2.45, 2.75) is 33.6 Å². The second kappa shape index (κ2) is 5.72. The van der Waals surface area contributed by atoms with E-state index in [4.69, 9.17) is 5.73 Å². The summed E-state index contributed by atoms with van der Waals surface area (Å²) in [6.45, 7) is 11.6. The van der Waals surface area contributed by atoms with Gasteiger partial charge in [0.1, 0.15) is 0 Å². The van der Waals surface area contributed by atoms with Gasteiger partial charge < -0.3 is 10.6 Å². The van der Waals surface area contributed by atoms with Crippen LogP contribution in [0.1, 0.15) is 33.6 Å². The Labute approximate surface area is 88.8 Å². The summed E-state index contributed by atoms with van der Waals surface area (Å²) in [7, 11) is 0. The van der Waals surface area contributed by atoms with Gasteiger partial charge in [-0.2, -0.15) is 0 Å².